The van der Waals surface area contributed by atoms with Crippen molar-refractivity contribution in [1.82, 2.24) is 0 Å². The second kappa shape index (κ2) is 5.39. The number of carbonyl (C=O) groups excluding carboxylic acids is 1. The first-order valence-electron chi connectivity index (χ1n) is 5.29. The van der Waals surface area contributed by atoms with Crippen molar-refractivity contribution in [1.29, 1.82) is 5.26 Å². The van der Waals surface area contributed by atoms with Crippen LogP contribution < -0.4 is 5.32 Å². The summed E-state index contributed by atoms with van der Waals surface area (Å²) in [6, 6.07) is 15.7. The maximum absolute atomic E-state index is 11.9. The van der Waals surface area contributed by atoms with Gasteiger partial charge in [-0.05, 0) is 42.5 Å². The van der Waals surface area contributed by atoms with E-state index >= 15 is 0 Å². The van der Waals surface area contributed by atoms with Crippen molar-refractivity contribution >= 4 is 24.2 Å². The molecule has 0 fully saturated rings. The Morgan fingerprint density at radius 3 is 2.50 bits per heavy atom. The van der Waals surface area contributed by atoms with Crippen LogP contribution in [-0.4, -0.2) is 5.91 Å². The third kappa shape index (κ3) is 2.90. The molecule has 0 aliphatic carbocycles. The molecule has 0 spiro atoms. The van der Waals surface area contributed by atoms with E-state index in [1.165, 1.54) is 0 Å². The molecular weight excluding hydrogens is 244 g/mol. The Labute approximate surface area is 110 Å². The van der Waals surface area contributed by atoms with Gasteiger partial charge in [0, 0.05) is 16.1 Å². The van der Waals surface area contributed by atoms with Gasteiger partial charge in [-0.15, -0.1) is 12.6 Å². The van der Waals surface area contributed by atoms with Crippen LogP contribution >= 0.6 is 12.6 Å². The fraction of sp³-hybridized carbons (Fsp3) is 0. The Morgan fingerprint density at radius 1 is 1.17 bits per heavy atom. The van der Waals surface area contributed by atoms with Crippen molar-refractivity contribution in [2.75, 3.05) is 5.32 Å². The highest BCUT2D eigenvalue weighted by atomic mass is 32.1. The van der Waals surface area contributed by atoms with E-state index in [2.05, 4.69) is 17.9 Å². The van der Waals surface area contributed by atoms with Gasteiger partial charge in [-0.25, -0.2) is 0 Å². The molecule has 18 heavy (non-hydrogen) atoms. The van der Waals surface area contributed by atoms with Crippen LogP contribution in [0.3, 0.4) is 0 Å². The largest absolute Gasteiger partial charge is 0.322 e. The number of nitrogens with one attached hydrogen (secondary N) is 1. The molecule has 0 unspecified atom stereocenters. The number of anilines is 1. The second-order valence-electron chi connectivity index (χ2n) is 3.69. The Morgan fingerprint density at radius 2 is 1.89 bits per heavy atom. The van der Waals surface area contributed by atoms with Crippen molar-refractivity contribution in [3.05, 3.63) is 59.7 Å². The lowest BCUT2D eigenvalue weighted by molar-refractivity contribution is 0.102. The first kappa shape index (κ1) is 12.2. The van der Waals surface area contributed by atoms with Crippen LogP contribution in [-0.2, 0) is 0 Å². The summed E-state index contributed by atoms with van der Waals surface area (Å²) in [7, 11) is 0. The smallest absolute Gasteiger partial charge is 0.255 e. The van der Waals surface area contributed by atoms with Gasteiger partial charge in [0.2, 0.25) is 0 Å². The molecule has 0 aliphatic heterocycles. The average Bonchev–Trinajstić information content (AvgIpc) is 2.39. The monoisotopic (exact) mass is 254 g/mol. The fourth-order valence-electron chi connectivity index (χ4n) is 1.48. The van der Waals surface area contributed by atoms with Crippen LogP contribution in [0.2, 0.25) is 0 Å². The number of hydrogen-bond acceptors (Lipinski definition) is 3. The Kier molecular flexibility index (Phi) is 3.66. The maximum atomic E-state index is 11.9. The van der Waals surface area contributed by atoms with Crippen molar-refractivity contribution in [3.63, 3.8) is 0 Å². The first-order valence-corrected chi connectivity index (χ1v) is 5.74. The van der Waals surface area contributed by atoms with Crippen molar-refractivity contribution < 1.29 is 4.79 Å². The minimum atomic E-state index is -0.199. The Bertz CT molecular complexity index is 614. The molecule has 0 radical (unpaired) electrons. The molecule has 0 aliphatic rings. The molecule has 2 rings (SSSR count). The SMILES string of the molecule is N#Cc1ccc(NC(=O)c2cccc(S)c2)cc1. The summed E-state index contributed by atoms with van der Waals surface area (Å²) in [5.41, 5.74) is 1.76. The number of carbonyl (C=O) groups is 1. The molecule has 0 saturated heterocycles. The number of thiol groups is 1. The van der Waals surface area contributed by atoms with Gasteiger partial charge < -0.3 is 5.32 Å². The lowest BCUT2D eigenvalue weighted by atomic mass is 10.2. The van der Waals surface area contributed by atoms with E-state index in [0.29, 0.717) is 16.8 Å². The summed E-state index contributed by atoms with van der Waals surface area (Å²) >= 11 is 4.18. The number of benzene rings is 2. The van der Waals surface area contributed by atoms with Crippen LogP contribution in [0.25, 0.3) is 0 Å². The zero-order valence-electron chi connectivity index (χ0n) is 9.42. The minimum Gasteiger partial charge on any atom is -0.322 e. The van der Waals surface area contributed by atoms with Crippen LogP contribution in [0.4, 0.5) is 5.69 Å². The second-order valence-corrected chi connectivity index (χ2v) is 4.21. The molecule has 3 nitrogen and oxygen atoms in total. The molecule has 2 aromatic carbocycles. The summed E-state index contributed by atoms with van der Waals surface area (Å²) in [5, 5.41) is 11.4. The Balaban J connectivity index is 2.14. The standard InChI is InChI=1S/C14H10N2OS/c15-9-10-4-6-12(7-5-10)16-14(17)11-2-1-3-13(18)8-11/h1-8,18H,(H,16,17). The summed E-state index contributed by atoms with van der Waals surface area (Å²) in [6.07, 6.45) is 0. The van der Waals surface area contributed by atoms with Crippen molar-refractivity contribution in [3.8, 4) is 6.07 Å². The third-order valence-corrected chi connectivity index (χ3v) is 2.66. The summed E-state index contributed by atoms with van der Waals surface area (Å²) in [5.74, 6) is -0.199. The fourth-order valence-corrected chi connectivity index (χ4v) is 1.70. The van der Waals surface area contributed by atoms with E-state index in [1.807, 2.05) is 12.1 Å². The molecule has 0 aromatic heterocycles. The van der Waals surface area contributed by atoms with E-state index in [-0.39, 0.29) is 5.91 Å². The molecule has 1 amide bonds. The molecule has 4 heteroatoms. The van der Waals surface area contributed by atoms with Gasteiger partial charge in [0.1, 0.15) is 0 Å². The van der Waals surface area contributed by atoms with Crippen molar-refractivity contribution in [2.24, 2.45) is 0 Å². The molecule has 0 saturated carbocycles. The van der Waals surface area contributed by atoms with Gasteiger partial charge >= 0.3 is 0 Å². The zero-order valence-corrected chi connectivity index (χ0v) is 10.3. The maximum Gasteiger partial charge on any atom is 0.255 e. The van der Waals surface area contributed by atoms with Gasteiger partial charge in [-0.3, -0.25) is 4.79 Å². The van der Waals surface area contributed by atoms with E-state index in [0.717, 1.165) is 4.90 Å². The van der Waals surface area contributed by atoms with E-state index < -0.39 is 0 Å². The lowest BCUT2D eigenvalue weighted by Crippen LogP contribution is -2.11. The molecule has 1 N–H and O–H groups in total. The van der Waals surface area contributed by atoms with Gasteiger partial charge in [-0.1, -0.05) is 6.07 Å². The molecule has 0 bridgehead atoms. The van der Waals surface area contributed by atoms with E-state index in [1.54, 1.807) is 42.5 Å². The molecular formula is C14H10N2OS. The highest BCUT2D eigenvalue weighted by Gasteiger charge is 2.05. The average molecular weight is 254 g/mol. The number of nitrogens with zero attached hydrogens (tertiary/aromatic N) is 1. The van der Waals surface area contributed by atoms with E-state index in [4.69, 9.17) is 5.26 Å². The molecule has 2 aromatic rings. The zero-order chi connectivity index (χ0) is 13.0. The van der Waals surface area contributed by atoms with Crippen molar-refractivity contribution in [2.45, 2.75) is 4.90 Å². The highest BCUT2D eigenvalue weighted by Crippen LogP contribution is 2.13. The summed E-state index contributed by atoms with van der Waals surface area (Å²) in [4.78, 5) is 12.6. The number of nitriles is 1. The minimum absolute atomic E-state index is 0.199. The van der Waals surface area contributed by atoms with Crippen LogP contribution in [0.15, 0.2) is 53.4 Å². The van der Waals surface area contributed by atoms with E-state index in [9.17, 15) is 4.79 Å². The number of amides is 1. The molecule has 0 heterocycles. The topological polar surface area (TPSA) is 52.9 Å². The highest BCUT2D eigenvalue weighted by molar-refractivity contribution is 7.80. The number of hydrogen-bond donors (Lipinski definition) is 2. The normalized spacial score (nSPS) is 9.56. The third-order valence-electron chi connectivity index (χ3n) is 2.38. The van der Waals surface area contributed by atoms with Gasteiger partial charge in [0.25, 0.3) is 5.91 Å². The van der Waals surface area contributed by atoms with Gasteiger partial charge in [0.05, 0.1) is 11.6 Å². The quantitative estimate of drug-likeness (QED) is 0.809. The van der Waals surface area contributed by atoms with Crippen LogP contribution in [0.5, 0.6) is 0 Å². The van der Waals surface area contributed by atoms with Crippen LogP contribution in [0.1, 0.15) is 15.9 Å². The summed E-state index contributed by atoms with van der Waals surface area (Å²) < 4.78 is 0. The molecule has 88 valence electrons. The Hall–Kier alpha value is -2.25. The molecule has 0 atom stereocenters. The predicted molar refractivity (Wildman–Crippen MR) is 72.8 cm³/mol. The lowest BCUT2D eigenvalue weighted by Gasteiger charge is -2.05. The predicted octanol–water partition coefficient (Wildman–Crippen LogP) is 3.10. The van der Waals surface area contributed by atoms with Crippen LogP contribution in [0, 0.1) is 11.3 Å². The number of rotatable bonds is 2. The summed E-state index contributed by atoms with van der Waals surface area (Å²) in [6.45, 7) is 0. The van der Waals surface area contributed by atoms with Gasteiger partial charge in [0.15, 0.2) is 0 Å². The first-order chi connectivity index (χ1) is 8.69. The van der Waals surface area contributed by atoms with Gasteiger partial charge in [-0.2, -0.15) is 5.26 Å².